The molecule has 7 nitrogen and oxygen atoms in total. The van der Waals surface area contributed by atoms with E-state index in [4.69, 9.17) is 38.1 Å². The van der Waals surface area contributed by atoms with E-state index in [1.54, 1.807) is 12.1 Å². The molecule has 38 heavy (non-hydrogen) atoms. The second kappa shape index (κ2) is 11.0. The summed E-state index contributed by atoms with van der Waals surface area (Å²) in [5.41, 5.74) is 3.66. The minimum atomic E-state index is -0.532. The Morgan fingerprint density at radius 2 is 1.68 bits per heavy atom. The zero-order valence-corrected chi connectivity index (χ0v) is 22.8. The molecule has 3 aromatic rings. The Bertz CT molecular complexity index is 1510. The number of aliphatic imine (C=N–C) groups is 1. The van der Waals surface area contributed by atoms with Gasteiger partial charge in [-0.15, -0.1) is 0 Å². The van der Waals surface area contributed by atoms with Crippen LogP contribution in [0.3, 0.4) is 0 Å². The van der Waals surface area contributed by atoms with E-state index in [-0.39, 0.29) is 28.1 Å². The Labute approximate surface area is 234 Å². The monoisotopic (exact) mass is 564 g/mol. The van der Waals surface area contributed by atoms with E-state index in [2.05, 4.69) is 10.1 Å². The molecule has 0 atom stereocenters. The molecule has 0 aromatic heterocycles. The number of carbonyl (C=O) groups is 1. The number of aryl methyl sites for hydroxylation is 2. The number of hydrogen-bond donors (Lipinski definition) is 1. The van der Waals surface area contributed by atoms with Gasteiger partial charge in [-0.3, -0.25) is 10.2 Å². The largest absolute Gasteiger partial charge is 0.490 e. The van der Waals surface area contributed by atoms with Gasteiger partial charge < -0.3 is 9.47 Å². The second-order valence-electron chi connectivity index (χ2n) is 8.57. The first-order valence-electron chi connectivity index (χ1n) is 11.7. The molecule has 0 aliphatic carbocycles. The van der Waals surface area contributed by atoms with Crippen LogP contribution < -0.4 is 9.47 Å². The van der Waals surface area contributed by atoms with Gasteiger partial charge in [-0.25, -0.2) is 0 Å². The zero-order chi connectivity index (χ0) is 26.8. The van der Waals surface area contributed by atoms with Crippen molar-refractivity contribution >= 4 is 63.0 Å². The number of thioether (sulfide) groups is 1. The number of fused-ring (bicyclic) bond motifs is 1. The molecule has 1 amide bonds. The fraction of sp³-hybridized carbons (Fsp3) is 0.143. The third-order valence-corrected chi connectivity index (χ3v) is 7.28. The molecular formula is C28H22Cl2N4O3S. The number of hydrazone groups is 1. The molecule has 0 saturated heterocycles. The summed E-state index contributed by atoms with van der Waals surface area (Å²) in [7, 11) is 0. The van der Waals surface area contributed by atoms with Gasteiger partial charge in [-0.1, -0.05) is 71.2 Å². The van der Waals surface area contributed by atoms with E-state index >= 15 is 0 Å². The maximum absolute atomic E-state index is 12.8. The van der Waals surface area contributed by atoms with Crippen molar-refractivity contribution in [3.8, 4) is 11.5 Å². The van der Waals surface area contributed by atoms with Crippen molar-refractivity contribution in [3.63, 3.8) is 0 Å². The maximum Gasteiger partial charge on any atom is 0.283 e. The maximum atomic E-state index is 12.8. The molecule has 2 heterocycles. The van der Waals surface area contributed by atoms with Crippen LogP contribution >= 0.6 is 35.0 Å². The summed E-state index contributed by atoms with van der Waals surface area (Å²) in [5.74, 6) is 0.496. The van der Waals surface area contributed by atoms with Gasteiger partial charge in [0.15, 0.2) is 11.6 Å². The SMILES string of the molecule is Cc1ccc(C2=NN3C(=N)/C(=C/c4cc(Cl)c(OCCOc5ccccc5C)c(Cl)c4)C(=O)N=C3S2)cc1. The lowest BCUT2D eigenvalue weighted by Gasteiger charge is -2.20. The van der Waals surface area contributed by atoms with Crippen LogP contribution in [-0.2, 0) is 4.79 Å². The predicted octanol–water partition coefficient (Wildman–Crippen LogP) is 6.74. The quantitative estimate of drug-likeness (QED) is 0.253. The van der Waals surface area contributed by atoms with Gasteiger partial charge >= 0.3 is 0 Å². The Hall–Kier alpha value is -3.59. The van der Waals surface area contributed by atoms with Crippen molar-refractivity contribution in [1.82, 2.24) is 5.01 Å². The average Bonchev–Trinajstić information content (AvgIpc) is 3.31. The first kappa shape index (κ1) is 26.0. The topological polar surface area (TPSA) is 87.3 Å². The van der Waals surface area contributed by atoms with Crippen molar-refractivity contribution < 1.29 is 14.3 Å². The highest BCUT2D eigenvalue weighted by atomic mass is 35.5. The van der Waals surface area contributed by atoms with Crippen molar-refractivity contribution in [2.75, 3.05) is 13.2 Å². The summed E-state index contributed by atoms with van der Waals surface area (Å²) >= 11 is 14.2. The van der Waals surface area contributed by atoms with Crippen LogP contribution in [0.2, 0.25) is 10.0 Å². The molecule has 2 aliphatic rings. The Balaban J connectivity index is 1.30. The summed E-state index contributed by atoms with van der Waals surface area (Å²) in [6, 6.07) is 18.8. The van der Waals surface area contributed by atoms with E-state index in [1.165, 1.54) is 22.8 Å². The van der Waals surface area contributed by atoms with E-state index in [9.17, 15) is 4.79 Å². The number of halogens is 2. The van der Waals surface area contributed by atoms with E-state index < -0.39 is 5.91 Å². The number of amidine groups is 2. The van der Waals surface area contributed by atoms with Crippen molar-refractivity contribution in [3.05, 3.63) is 98.5 Å². The molecular weight excluding hydrogens is 543 g/mol. The van der Waals surface area contributed by atoms with Gasteiger partial charge in [-0.2, -0.15) is 15.1 Å². The number of benzene rings is 3. The molecule has 0 saturated carbocycles. The second-order valence-corrected chi connectivity index (χ2v) is 10.3. The van der Waals surface area contributed by atoms with Gasteiger partial charge in [0.2, 0.25) is 5.17 Å². The Kier molecular flexibility index (Phi) is 7.56. The molecule has 0 fully saturated rings. The van der Waals surface area contributed by atoms with E-state index in [0.717, 1.165) is 22.4 Å². The lowest BCUT2D eigenvalue weighted by atomic mass is 10.1. The van der Waals surface area contributed by atoms with Crippen LogP contribution in [0.5, 0.6) is 11.5 Å². The van der Waals surface area contributed by atoms with Crippen molar-refractivity contribution in [2.45, 2.75) is 13.8 Å². The smallest absolute Gasteiger partial charge is 0.283 e. The normalized spacial score (nSPS) is 15.9. The third kappa shape index (κ3) is 5.48. The van der Waals surface area contributed by atoms with Crippen LogP contribution in [-0.4, -0.2) is 40.2 Å². The van der Waals surface area contributed by atoms with Gasteiger partial charge in [0, 0.05) is 5.56 Å². The van der Waals surface area contributed by atoms with Crippen LogP contribution in [0.15, 0.2) is 76.3 Å². The molecule has 0 unspecified atom stereocenters. The van der Waals surface area contributed by atoms with Crippen LogP contribution in [0.4, 0.5) is 0 Å². The summed E-state index contributed by atoms with van der Waals surface area (Å²) in [4.78, 5) is 16.9. The Morgan fingerprint density at radius 1 is 1.00 bits per heavy atom. The van der Waals surface area contributed by atoms with Crippen molar-refractivity contribution in [1.29, 1.82) is 5.41 Å². The van der Waals surface area contributed by atoms with Gasteiger partial charge in [0.1, 0.15) is 24.0 Å². The first-order chi connectivity index (χ1) is 18.3. The fourth-order valence-corrected chi connectivity index (χ4v) is 5.30. The Morgan fingerprint density at radius 3 is 2.39 bits per heavy atom. The van der Waals surface area contributed by atoms with Crippen LogP contribution in [0.25, 0.3) is 6.08 Å². The first-order valence-corrected chi connectivity index (χ1v) is 13.2. The summed E-state index contributed by atoms with van der Waals surface area (Å²) in [6.07, 6.45) is 1.53. The summed E-state index contributed by atoms with van der Waals surface area (Å²) in [6.45, 7) is 4.53. The number of rotatable bonds is 7. The molecule has 5 rings (SSSR count). The highest BCUT2D eigenvalue weighted by Crippen LogP contribution is 2.36. The lowest BCUT2D eigenvalue weighted by Crippen LogP contribution is -2.35. The van der Waals surface area contributed by atoms with E-state index in [0.29, 0.717) is 28.1 Å². The number of nitrogens with zero attached hydrogens (tertiary/aromatic N) is 3. The average molecular weight is 565 g/mol. The molecule has 0 radical (unpaired) electrons. The highest BCUT2D eigenvalue weighted by Gasteiger charge is 2.36. The number of carbonyl (C=O) groups excluding carboxylic acids is 1. The van der Waals surface area contributed by atoms with Crippen LogP contribution in [0.1, 0.15) is 22.3 Å². The minimum absolute atomic E-state index is 0.0736. The third-order valence-electron chi connectivity index (χ3n) is 5.77. The summed E-state index contributed by atoms with van der Waals surface area (Å²) in [5, 5.41) is 16.1. The lowest BCUT2D eigenvalue weighted by molar-refractivity contribution is -0.114. The molecule has 1 N–H and O–H groups in total. The van der Waals surface area contributed by atoms with E-state index in [1.807, 2.05) is 62.4 Å². The molecule has 192 valence electrons. The minimum Gasteiger partial charge on any atom is -0.490 e. The number of ether oxygens (including phenoxy) is 2. The number of amides is 1. The number of hydrogen-bond acceptors (Lipinski definition) is 6. The van der Waals surface area contributed by atoms with Crippen molar-refractivity contribution in [2.24, 2.45) is 10.1 Å². The molecule has 3 aromatic carbocycles. The fourth-order valence-electron chi connectivity index (χ4n) is 3.79. The van der Waals surface area contributed by atoms with Gasteiger partial charge in [-0.05, 0) is 61.0 Å². The van der Waals surface area contributed by atoms with Crippen LogP contribution in [0, 0.1) is 19.3 Å². The van der Waals surface area contributed by atoms with Gasteiger partial charge in [0.25, 0.3) is 5.91 Å². The molecule has 0 spiro atoms. The molecule has 2 aliphatic heterocycles. The highest BCUT2D eigenvalue weighted by molar-refractivity contribution is 8.27. The standard InChI is InChI=1S/C28H22Cl2N4O3S/c1-16-7-9-19(10-8-16)27-33-34-25(31)20(26(35)32-28(34)38-27)13-18-14-21(29)24(22(30)15-18)37-12-11-36-23-6-4-3-5-17(23)2/h3-10,13-15,31H,11-12H2,1-2H3/b20-13-,31-25?. The number of para-hydroxylation sites is 1. The number of nitrogens with one attached hydrogen (secondary N) is 1. The van der Waals surface area contributed by atoms with Gasteiger partial charge in [0.05, 0.1) is 15.6 Å². The molecule has 0 bridgehead atoms. The summed E-state index contributed by atoms with van der Waals surface area (Å²) < 4.78 is 11.5. The molecule has 10 heteroatoms. The predicted molar refractivity (Wildman–Crippen MR) is 154 cm³/mol. The zero-order valence-electron chi connectivity index (χ0n) is 20.5.